The summed E-state index contributed by atoms with van der Waals surface area (Å²) < 4.78 is 30.8. The molecule has 0 aromatic heterocycles. The lowest BCUT2D eigenvalue weighted by atomic mass is 10.2. The summed E-state index contributed by atoms with van der Waals surface area (Å²) in [6.45, 7) is 1.53. The van der Waals surface area contributed by atoms with Gasteiger partial charge in [0.05, 0.1) is 6.04 Å². The summed E-state index contributed by atoms with van der Waals surface area (Å²) >= 11 is 0. The van der Waals surface area contributed by atoms with Gasteiger partial charge >= 0.3 is 0 Å². The first kappa shape index (κ1) is 11.0. The molecule has 2 rings (SSSR count). The monoisotopic (exact) mass is 226 g/mol. The molecule has 0 spiro atoms. The van der Waals surface area contributed by atoms with Crippen molar-refractivity contribution in [2.75, 3.05) is 13.2 Å². The maximum absolute atomic E-state index is 13.2. The normalized spacial score (nSPS) is 18.8. The molecule has 0 saturated carbocycles. The van der Waals surface area contributed by atoms with Crippen LogP contribution >= 0.6 is 0 Å². The molecule has 0 saturated heterocycles. The third-order valence-electron chi connectivity index (χ3n) is 2.35. The zero-order chi connectivity index (χ0) is 11.4. The van der Waals surface area contributed by atoms with Gasteiger partial charge in [-0.1, -0.05) is 6.07 Å². The maximum Gasteiger partial charge on any atom is 0.169 e. The highest BCUT2D eigenvalue weighted by Gasteiger charge is 2.11. The molecule has 1 heterocycles. The van der Waals surface area contributed by atoms with Crippen LogP contribution in [0.5, 0.6) is 0 Å². The van der Waals surface area contributed by atoms with Crippen molar-refractivity contribution in [3.63, 3.8) is 0 Å². The second-order valence-electron chi connectivity index (χ2n) is 3.61. The molecular weight excluding hydrogens is 214 g/mol. The summed E-state index contributed by atoms with van der Waals surface area (Å²) in [5.41, 5.74) is 0.448. The number of hydrogen-bond acceptors (Lipinski definition) is 3. The topological polar surface area (TPSA) is 33.6 Å². The Balaban J connectivity index is 1.82. The number of aliphatic imine (C=N–C) groups is 1. The smallest absolute Gasteiger partial charge is 0.169 e. The third-order valence-corrected chi connectivity index (χ3v) is 2.35. The van der Waals surface area contributed by atoms with E-state index in [0.717, 1.165) is 6.07 Å². The highest BCUT2D eigenvalue weighted by atomic mass is 19.1. The van der Waals surface area contributed by atoms with Gasteiger partial charge in [-0.05, 0) is 6.07 Å². The third kappa shape index (κ3) is 2.76. The zero-order valence-corrected chi connectivity index (χ0v) is 8.62. The van der Waals surface area contributed by atoms with E-state index in [0.29, 0.717) is 25.3 Å². The molecule has 1 aliphatic rings. The Morgan fingerprint density at radius 2 is 2.31 bits per heavy atom. The SMILES string of the molecule is Fc1ccc(CNCC2COC=N2)c(F)c1. The van der Waals surface area contributed by atoms with Gasteiger partial charge in [0.15, 0.2) is 6.40 Å². The summed E-state index contributed by atoms with van der Waals surface area (Å²) in [6.07, 6.45) is 1.42. The number of halogens is 2. The first-order valence-corrected chi connectivity index (χ1v) is 5.03. The lowest BCUT2D eigenvalue weighted by molar-refractivity contribution is 0.323. The number of rotatable bonds is 4. The average molecular weight is 226 g/mol. The van der Waals surface area contributed by atoms with Crippen LogP contribution < -0.4 is 5.32 Å². The Bertz CT molecular complexity index is 396. The van der Waals surface area contributed by atoms with E-state index in [4.69, 9.17) is 4.74 Å². The van der Waals surface area contributed by atoms with Gasteiger partial charge in [-0.3, -0.25) is 4.99 Å². The minimum absolute atomic E-state index is 0.0866. The van der Waals surface area contributed by atoms with E-state index in [1.165, 1.54) is 18.5 Å². The summed E-state index contributed by atoms with van der Waals surface area (Å²) in [5.74, 6) is -1.09. The van der Waals surface area contributed by atoms with E-state index < -0.39 is 11.6 Å². The summed E-state index contributed by atoms with van der Waals surface area (Å²) in [7, 11) is 0. The van der Waals surface area contributed by atoms with E-state index >= 15 is 0 Å². The molecule has 5 heteroatoms. The average Bonchev–Trinajstić information content (AvgIpc) is 2.74. The molecule has 1 atom stereocenters. The molecule has 1 aromatic rings. The fraction of sp³-hybridized carbons (Fsp3) is 0.364. The van der Waals surface area contributed by atoms with E-state index in [-0.39, 0.29) is 6.04 Å². The Kier molecular flexibility index (Phi) is 3.46. The highest BCUT2D eigenvalue weighted by Crippen LogP contribution is 2.09. The minimum atomic E-state index is -0.560. The van der Waals surface area contributed by atoms with Crippen LogP contribution in [0.3, 0.4) is 0 Å². The van der Waals surface area contributed by atoms with Crippen LogP contribution in [0.1, 0.15) is 5.56 Å². The van der Waals surface area contributed by atoms with Crippen molar-refractivity contribution in [3.05, 3.63) is 35.4 Å². The van der Waals surface area contributed by atoms with Crippen molar-refractivity contribution in [1.82, 2.24) is 5.32 Å². The molecule has 1 aliphatic heterocycles. The van der Waals surface area contributed by atoms with Crippen LogP contribution in [0.15, 0.2) is 23.2 Å². The molecular formula is C11H12F2N2O. The summed E-state index contributed by atoms with van der Waals surface area (Å²) in [5, 5.41) is 3.05. The molecule has 0 amide bonds. The van der Waals surface area contributed by atoms with Gasteiger partial charge < -0.3 is 10.1 Å². The van der Waals surface area contributed by atoms with Crippen LogP contribution in [-0.2, 0) is 11.3 Å². The summed E-state index contributed by atoms with van der Waals surface area (Å²) in [6, 6.07) is 3.65. The first-order valence-electron chi connectivity index (χ1n) is 5.03. The van der Waals surface area contributed by atoms with Gasteiger partial charge in [0.1, 0.15) is 18.2 Å². The van der Waals surface area contributed by atoms with Gasteiger partial charge in [0.2, 0.25) is 0 Å². The van der Waals surface area contributed by atoms with Crippen molar-refractivity contribution >= 4 is 6.40 Å². The predicted molar refractivity (Wildman–Crippen MR) is 56.3 cm³/mol. The molecule has 1 aromatic carbocycles. The van der Waals surface area contributed by atoms with Crippen molar-refractivity contribution in [2.24, 2.45) is 4.99 Å². The lowest BCUT2D eigenvalue weighted by Crippen LogP contribution is -2.26. The molecule has 0 bridgehead atoms. The van der Waals surface area contributed by atoms with Gasteiger partial charge in [0.25, 0.3) is 0 Å². The second-order valence-corrected chi connectivity index (χ2v) is 3.61. The first-order chi connectivity index (χ1) is 7.75. The molecule has 0 aliphatic carbocycles. The van der Waals surface area contributed by atoms with Gasteiger partial charge in [-0.2, -0.15) is 0 Å². The Morgan fingerprint density at radius 3 is 3.00 bits per heavy atom. The Labute approximate surface area is 92.1 Å². The van der Waals surface area contributed by atoms with Crippen LogP contribution in [0.25, 0.3) is 0 Å². The van der Waals surface area contributed by atoms with E-state index in [1.807, 2.05) is 0 Å². The maximum atomic E-state index is 13.2. The number of hydrogen-bond donors (Lipinski definition) is 1. The highest BCUT2D eigenvalue weighted by molar-refractivity contribution is 5.48. The standard InChI is InChI=1S/C11H12F2N2O/c12-9-2-1-8(11(13)3-9)4-14-5-10-6-16-7-15-10/h1-3,7,10,14H,4-6H2. The zero-order valence-electron chi connectivity index (χ0n) is 8.62. The predicted octanol–water partition coefficient (Wildman–Crippen LogP) is 1.48. The number of nitrogens with zero attached hydrogens (tertiary/aromatic N) is 1. The summed E-state index contributed by atoms with van der Waals surface area (Å²) in [4.78, 5) is 4.04. The van der Waals surface area contributed by atoms with Gasteiger partial charge in [-0.15, -0.1) is 0 Å². The lowest BCUT2D eigenvalue weighted by Gasteiger charge is -2.08. The Morgan fingerprint density at radius 1 is 1.44 bits per heavy atom. The second kappa shape index (κ2) is 5.03. The Hall–Kier alpha value is -1.49. The molecule has 16 heavy (non-hydrogen) atoms. The fourth-order valence-electron chi connectivity index (χ4n) is 1.48. The molecule has 1 N–H and O–H groups in total. The number of ether oxygens (including phenoxy) is 1. The van der Waals surface area contributed by atoms with E-state index in [1.54, 1.807) is 0 Å². The molecule has 86 valence electrons. The largest absolute Gasteiger partial charge is 0.481 e. The van der Waals surface area contributed by atoms with Gasteiger partial charge in [-0.25, -0.2) is 8.78 Å². The molecule has 1 unspecified atom stereocenters. The van der Waals surface area contributed by atoms with Crippen molar-refractivity contribution < 1.29 is 13.5 Å². The van der Waals surface area contributed by atoms with Crippen LogP contribution in [0.2, 0.25) is 0 Å². The van der Waals surface area contributed by atoms with E-state index in [9.17, 15) is 8.78 Å². The fourth-order valence-corrected chi connectivity index (χ4v) is 1.48. The molecule has 0 fully saturated rings. The van der Waals surface area contributed by atoms with Crippen LogP contribution in [0, 0.1) is 11.6 Å². The van der Waals surface area contributed by atoms with Crippen molar-refractivity contribution in [1.29, 1.82) is 0 Å². The van der Waals surface area contributed by atoms with Gasteiger partial charge in [0, 0.05) is 24.7 Å². The van der Waals surface area contributed by atoms with Crippen LogP contribution in [-0.4, -0.2) is 25.6 Å². The number of benzene rings is 1. The molecule has 3 nitrogen and oxygen atoms in total. The molecule has 0 radical (unpaired) electrons. The van der Waals surface area contributed by atoms with Crippen molar-refractivity contribution in [3.8, 4) is 0 Å². The van der Waals surface area contributed by atoms with Crippen molar-refractivity contribution in [2.45, 2.75) is 12.6 Å². The quantitative estimate of drug-likeness (QED) is 0.843. The van der Waals surface area contributed by atoms with E-state index in [2.05, 4.69) is 10.3 Å². The van der Waals surface area contributed by atoms with Crippen LogP contribution in [0.4, 0.5) is 8.78 Å². The number of nitrogens with one attached hydrogen (secondary N) is 1. The minimum Gasteiger partial charge on any atom is -0.481 e.